The number of benzene rings is 1. The predicted octanol–water partition coefficient (Wildman–Crippen LogP) is 2.15. The number of piperazine rings is 1. The molecule has 3 rings (SSSR count). The third-order valence-electron chi connectivity index (χ3n) is 4.49. The summed E-state index contributed by atoms with van der Waals surface area (Å²) in [7, 11) is 0. The maximum Gasteiger partial charge on any atom is 0.223 e. The Morgan fingerprint density at radius 1 is 1.33 bits per heavy atom. The zero-order chi connectivity index (χ0) is 15.1. The average Bonchev–Trinajstić information content (AvgIpc) is 2.82. The van der Waals surface area contributed by atoms with Gasteiger partial charge < -0.3 is 9.80 Å². The van der Waals surface area contributed by atoms with Gasteiger partial charge in [-0.3, -0.25) is 9.59 Å². The number of amides is 1. The molecule has 2 fully saturated rings. The Balaban J connectivity index is 1.92. The lowest BCUT2D eigenvalue weighted by atomic mass is 10.0. The van der Waals surface area contributed by atoms with Crippen LogP contribution in [0.5, 0.6) is 0 Å². The summed E-state index contributed by atoms with van der Waals surface area (Å²) in [5.74, 6) is -0.255. The van der Waals surface area contributed by atoms with Crippen molar-refractivity contribution in [3.63, 3.8) is 0 Å². The highest BCUT2D eigenvalue weighted by Gasteiger charge is 2.36. The van der Waals surface area contributed by atoms with Crippen LogP contribution in [0.3, 0.4) is 0 Å². The predicted molar refractivity (Wildman–Crippen MR) is 78.1 cm³/mol. The number of rotatable bonds is 2. The first-order chi connectivity index (χ1) is 9.97. The van der Waals surface area contributed by atoms with E-state index in [0.717, 1.165) is 18.7 Å². The van der Waals surface area contributed by atoms with Crippen LogP contribution >= 0.6 is 0 Å². The van der Waals surface area contributed by atoms with E-state index in [0.29, 0.717) is 30.6 Å². The van der Waals surface area contributed by atoms with E-state index >= 15 is 0 Å². The topological polar surface area (TPSA) is 40.6 Å². The maximum absolute atomic E-state index is 13.7. The Morgan fingerprint density at radius 3 is 2.81 bits per heavy atom. The zero-order valence-electron chi connectivity index (χ0n) is 12.4. The summed E-state index contributed by atoms with van der Waals surface area (Å²) in [6.45, 7) is 5.25. The minimum absolute atomic E-state index is 0.131. The Hall–Kier alpha value is -1.91. The zero-order valence-corrected chi connectivity index (χ0v) is 12.4. The van der Waals surface area contributed by atoms with Gasteiger partial charge in [0, 0.05) is 43.3 Å². The summed E-state index contributed by atoms with van der Waals surface area (Å²) in [6, 6.07) is 3.30. The monoisotopic (exact) mass is 290 g/mol. The summed E-state index contributed by atoms with van der Waals surface area (Å²) < 4.78 is 13.7. The second-order valence-corrected chi connectivity index (χ2v) is 5.90. The Morgan fingerprint density at radius 2 is 2.10 bits per heavy atom. The number of ketones is 1. The molecule has 1 unspecified atom stereocenters. The van der Waals surface area contributed by atoms with Crippen molar-refractivity contribution in [1.29, 1.82) is 0 Å². The van der Waals surface area contributed by atoms with Gasteiger partial charge in [-0.25, -0.2) is 4.39 Å². The van der Waals surface area contributed by atoms with Crippen molar-refractivity contribution >= 4 is 17.4 Å². The van der Waals surface area contributed by atoms with Crippen molar-refractivity contribution in [2.75, 3.05) is 24.5 Å². The minimum atomic E-state index is -0.348. The van der Waals surface area contributed by atoms with Gasteiger partial charge in [-0.1, -0.05) is 0 Å². The number of fused-ring (bicyclic) bond motifs is 1. The van der Waals surface area contributed by atoms with Crippen LogP contribution in [0, 0.1) is 12.7 Å². The van der Waals surface area contributed by atoms with Gasteiger partial charge in [-0.15, -0.1) is 0 Å². The first-order valence-corrected chi connectivity index (χ1v) is 7.33. The molecule has 2 aliphatic rings. The molecule has 5 heteroatoms. The first-order valence-electron chi connectivity index (χ1n) is 7.33. The smallest absolute Gasteiger partial charge is 0.223 e. The second kappa shape index (κ2) is 5.13. The van der Waals surface area contributed by atoms with Crippen LogP contribution in [0.1, 0.15) is 35.7 Å². The summed E-state index contributed by atoms with van der Waals surface area (Å²) in [5, 5.41) is 0. The Labute approximate surface area is 123 Å². The van der Waals surface area contributed by atoms with E-state index in [1.54, 1.807) is 13.0 Å². The van der Waals surface area contributed by atoms with Crippen molar-refractivity contribution in [2.24, 2.45) is 0 Å². The van der Waals surface area contributed by atoms with Gasteiger partial charge in [0.25, 0.3) is 0 Å². The molecule has 0 bridgehead atoms. The third-order valence-corrected chi connectivity index (χ3v) is 4.49. The highest BCUT2D eigenvalue weighted by atomic mass is 19.1. The van der Waals surface area contributed by atoms with Gasteiger partial charge in [-0.2, -0.15) is 0 Å². The summed E-state index contributed by atoms with van der Waals surface area (Å²) in [4.78, 5) is 27.6. The molecule has 21 heavy (non-hydrogen) atoms. The van der Waals surface area contributed by atoms with Crippen molar-refractivity contribution < 1.29 is 14.0 Å². The van der Waals surface area contributed by atoms with Crippen LogP contribution in [0.25, 0.3) is 0 Å². The van der Waals surface area contributed by atoms with Crippen LogP contribution < -0.4 is 4.90 Å². The minimum Gasteiger partial charge on any atom is -0.367 e. The van der Waals surface area contributed by atoms with E-state index in [2.05, 4.69) is 4.90 Å². The summed E-state index contributed by atoms with van der Waals surface area (Å²) in [5.41, 5.74) is 1.76. The number of Topliss-reactive ketones (excluding diaryl/α,β-unsaturated/α-hetero) is 1. The van der Waals surface area contributed by atoms with Gasteiger partial charge in [0.15, 0.2) is 5.78 Å². The SMILES string of the molecule is CC(=O)c1cc(F)c(C)cc1N1CCN2C(=O)CCC2C1. The van der Waals surface area contributed by atoms with Crippen LogP contribution in [-0.2, 0) is 4.79 Å². The van der Waals surface area contributed by atoms with E-state index in [4.69, 9.17) is 0 Å². The van der Waals surface area contributed by atoms with Gasteiger partial charge in [0.05, 0.1) is 0 Å². The normalized spacial score (nSPS) is 21.7. The van der Waals surface area contributed by atoms with Gasteiger partial charge >= 0.3 is 0 Å². The molecule has 0 N–H and O–H groups in total. The molecule has 1 aromatic carbocycles. The number of carbonyl (C=O) groups is 2. The number of carbonyl (C=O) groups excluding carboxylic acids is 2. The molecule has 0 aromatic heterocycles. The third kappa shape index (κ3) is 2.41. The Bertz CT molecular complexity index is 615. The van der Waals surface area contributed by atoms with E-state index in [-0.39, 0.29) is 23.5 Å². The molecule has 0 saturated carbocycles. The fraction of sp³-hybridized carbons (Fsp3) is 0.500. The van der Waals surface area contributed by atoms with Crippen molar-refractivity contribution in [3.8, 4) is 0 Å². The molecular weight excluding hydrogens is 271 g/mol. The highest BCUT2D eigenvalue weighted by molar-refractivity contribution is 6.00. The molecule has 0 aliphatic carbocycles. The highest BCUT2D eigenvalue weighted by Crippen LogP contribution is 2.30. The molecule has 2 saturated heterocycles. The lowest BCUT2D eigenvalue weighted by Crippen LogP contribution is -2.51. The van der Waals surface area contributed by atoms with Crippen molar-refractivity contribution in [2.45, 2.75) is 32.7 Å². The average molecular weight is 290 g/mol. The van der Waals surface area contributed by atoms with Crippen LogP contribution in [-0.4, -0.2) is 42.3 Å². The number of halogens is 1. The number of anilines is 1. The van der Waals surface area contributed by atoms with Crippen molar-refractivity contribution in [3.05, 3.63) is 29.1 Å². The molecule has 0 spiro atoms. The maximum atomic E-state index is 13.7. The van der Waals surface area contributed by atoms with Crippen molar-refractivity contribution in [1.82, 2.24) is 4.90 Å². The number of hydrogen-bond acceptors (Lipinski definition) is 3. The van der Waals surface area contributed by atoms with Gasteiger partial charge in [0.2, 0.25) is 5.91 Å². The molecule has 0 radical (unpaired) electrons. The number of nitrogens with zero attached hydrogens (tertiary/aromatic N) is 2. The quantitative estimate of drug-likeness (QED) is 0.784. The fourth-order valence-electron chi connectivity index (χ4n) is 3.29. The van der Waals surface area contributed by atoms with E-state index in [1.165, 1.54) is 13.0 Å². The lowest BCUT2D eigenvalue weighted by Gasteiger charge is -2.39. The van der Waals surface area contributed by atoms with Crippen LogP contribution in [0.15, 0.2) is 12.1 Å². The molecule has 2 heterocycles. The molecule has 112 valence electrons. The van der Waals surface area contributed by atoms with E-state index in [1.807, 2.05) is 4.90 Å². The van der Waals surface area contributed by atoms with Crippen LogP contribution in [0.4, 0.5) is 10.1 Å². The van der Waals surface area contributed by atoms with Gasteiger partial charge in [0.1, 0.15) is 5.82 Å². The largest absolute Gasteiger partial charge is 0.367 e. The molecular formula is C16H19FN2O2. The second-order valence-electron chi connectivity index (χ2n) is 5.90. The fourth-order valence-corrected chi connectivity index (χ4v) is 3.29. The lowest BCUT2D eigenvalue weighted by molar-refractivity contribution is -0.129. The number of hydrogen-bond donors (Lipinski definition) is 0. The first kappa shape index (κ1) is 14.0. The van der Waals surface area contributed by atoms with Gasteiger partial charge in [-0.05, 0) is 38.0 Å². The Kier molecular flexibility index (Phi) is 3.43. The number of aryl methyl sites for hydroxylation is 1. The van der Waals surface area contributed by atoms with Crippen LogP contribution in [0.2, 0.25) is 0 Å². The molecule has 4 nitrogen and oxygen atoms in total. The summed E-state index contributed by atoms with van der Waals surface area (Å²) >= 11 is 0. The molecule has 1 amide bonds. The van der Waals surface area contributed by atoms with E-state index < -0.39 is 0 Å². The summed E-state index contributed by atoms with van der Waals surface area (Å²) in [6.07, 6.45) is 1.48. The van der Waals surface area contributed by atoms with E-state index in [9.17, 15) is 14.0 Å². The molecule has 1 aromatic rings. The molecule has 2 aliphatic heterocycles. The standard InChI is InChI=1S/C16H19FN2O2/c1-10-7-15(13(11(2)20)8-14(10)17)18-5-6-19-12(9-18)3-4-16(19)21/h7-8,12H,3-6,9H2,1-2H3. The molecule has 1 atom stereocenters.